The van der Waals surface area contributed by atoms with Crippen LogP contribution >= 0.6 is 11.3 Å². The van der Waals surface area contributed by atoms with Crippen LogP contribution in [-0.2, 0) is 6.54 Å². The van der Waals surface area contributed by atoms with Gasteiger partial charge in [-0.1, -0.05) is 36.5 Å². The Morgan fingerprint density at radius 3 is 2.72 bits per heavy atom. The maximum Gasteiger partial charge on any atom is 0.279 e. The number of carbonyl (C=O) groups excluding carboxylic acids is 1. The van der Waals surface area contributed by atoms with Crippen LogP contribution in [0.15, 0.2) is 47.5 Å². The van der Waals surface area contributed by atoms with Crippen LogP contribution in [0.4, 0.5) is 5.69 Å². The molecule has 25 heavy (non-hydrogen) atoms. The number of carbonyl (C=O) groups is 1. The van der Waals surface area contributed by atoms with Gasteiger partial charge < -0.3 is 4.57 Å². The summed E-state index contributed by atoms with van der Waals surface area (Å²) < 4.78 is 2.69. The standard InChI is InChI=1S/C18H17N3O3S/c1-3-10-20-15-9-8-13(21(23)24)11-16(15)25-18(20)19-17(22)14-7-5-4-6-12(14)2/h4-9,11H,3,10H2,1-2H3. The SMILES string of the molecule is CCCn1c(=NC(=O)c2ccccc2C)sc2cc([N+](=O)[O-])ccc21. The quantitative estimate of drug-likeness (QED) is 0.523. The molecule has 0 N–H and O–H groups in total. The third kappa shape index (κ3) is 3.36. The van der Waals surface area contributed by atoms with Gasteiger partial charge in [-0.2, -0.15) is 4.99 Å². The Labute approximate surface area is 148 Å². The highest BCUT2D eigenvalue weighted by molar-refractivity contribution is 7.16. The first-order chi connectivity index (χ1) is 12.0. The van der Waals surface area contributed by atoms with Gasteiger partial charge in [0.1, 0.15) is 0 Å². The van der Waals surface area contributed by atoms with E-state index in [0.29, 0.717) is 16.9 Å². The molecule has 1 heterocycles. The number of nitro groups is 1. The van der Waals surface area contributed by atoms with E-state index in [2.05, 4.69) is 4.99 Å². The summed E-state index contributed by atoms with van der Waals surface area (Å²) in [7, 11) is 0. The molecule has 6 nitrogen and oxygen atoms in total. The van der Waals surface area contributed by atoms with E-state index in [1.165, 1.54) is 23.5 Å². The smallest absolute Gasteiger partial charge is 0.279 e. The first-order valence-electron chi connectivity index (χ1n) is 7.93. The highest BCUT2D eigenvalue weighted by Crippen LogP contribution is 2.23. The predicted molar refractivity (Wildman–Crippen MR) is 97.8 cm³/mol. The number of amides is 1. The van der Waals surface area contributed by atoms with E-state index in [0.717, 1.165) is 22.2 Å². The Kier molecular flexibility index (Phi) is 4.76. The van der Waals surface area contributed by atoms with Gasteiger partial charge in [0, 0.05) is 24.2 Å². The Morgan fingerprint density at radius 1 is 1.28 bits per heavy atom. The molecule has 1 aromatic heterocycles. The minimum absolute atomic E-state index is 0.0363. The van der Waals surface area contributed by atoms with Crippen LogP contribution in [0.3, 0.4) is 0 Å². The van der Waals surface area contributed by atoms with Gasteiger partial charge in [-0.25, -0.2) is 0 Å². The molecule has 0 bridgehead atoms. The average Bonchev–Trinajstić information content (AvgIpc) is 2.92. The maximum absolute atomic E-state index is 12.6. The fourth-order valence-corrected chi connectivity index (χ4v) is 3.75. The zero-order valence-corrected chi connectivity index (χ0v) is 14.7. The average molecular weight is 355 g/mol. The normalized spacial score (nSPS) is 11.8. The van der Waals surface area contributed by atoms with Crippen molar-refractivity contribution in [1.82, 2.24) is 4.57 Å². The maximum atomic E-state index is 12.6. The molecule has 0 radical (unpaired) electrons. The minimum Gasteiger partial charge on any atom is -0.316 e. The lowest BCUT2D eigenvalue weighted by Gasteiger charge is -2.03. The van der Waals surface area contributed by atoms with Gasteiger partial charge in [0.2, 0.25) is 0 Å². The molecule has 0 saturated heterocycles. The van der Waals surface area contributed by atoms with E-state index in [1.54, 1.807) is 12.1 Å². The van der Waals surface area contributed by atoms with Crippen molar-refractivity contribution >= 4 is 33.1 Å². The largest absolute Gasteiger partial charge is 0.316 e. The summed E-state index contributed by atoms with van der Waals surface area (Å²) in [6.07, 6.45) is 0.870. The third-order valence-electron chi connectivity index (χ3n) is 3.90. The van der Waals surface area contributed by atoms with E-state index < -0.39 is 4.92 Å². The molecule has 3 aromatic rings. The first-order valence-corrected chi connectivity index (χ1v) is 8.75. The topological polar surface area (TPSA) is 77.5 Å². The van der Waals surface area contributed by atoms with E-state index in [-0.39, 0.29) is 11.6 Å². The first kappa shape index (κ1) is 17.0. The molecular formula is C18H17N3O3S. The van der Waals surface area contributed by atoms with Crippen molar-refractivity contribution in [1.29, 1.82) is 0 Å². The fourth-order valence-electron chi connectivity index (χ4n) is 2.66. The van der Waals surface area contributed by atoms with Gasteiger partial charge >= 0.3 is 0 Å². The van der Waals surface area contributed by atoms with Crippen LogP contribution in [0.2, 0.25) is 0 Å². The highest BCUT2D eigenvalue weighted by Gasteiger charge is 2.13. The molecule has 0 aliphatic carbocycles. The van der Waals surface area contributed by atoms with Crippen LogP contribution in [0, 0.1) is 17.0 Å². The number of aryl methyl sites for hydroxylation is 2. The molecule has 0 spiro atoms. The van der Waals surface area contributed by atoms with Gasteiger partial charge in [-0.05, 0) is 31.0 Å². The summed E-state index contributed by atoms with van der Waals surface area (Å²) in [6.45, 7) is 4.60. The molecular weight excluding hydrogens is 338 g/mol. The van der Waals surface area contributed by atoms with E-state index in [4.69, 9.17) is 0 Å². The number of rotatable bonds is 4. The molecule has 0 saturated carbocycles. The van der Waals surface area contributed by atoms with E-state index >= 15 is 0 Å². The van der Waals surface area contributed by atoms with Crippen molar-refractivity contribution in [3.63, 3.8) is 0 Å². The van der Waals surface area contributed by atoms with Gasteiger partial charge in [0.05, 0.1) is 15.1 Å². The monoisotopic (exact) mass is 355 g/mol. The van der Waals surface area contributed by atoms with Crippen molar-refractivity contribution in [2.75, 3.05) is 0 Å². The van der Waals surface area contributed by atoms with Crippen LogP contribution in [-0.4, -0.2) is 15.4 Å². The van der Waals surface area contributed by atoms with Crippen LogP contribution in [0.5, 0.6) is 0 Å². The summed E-state index contributed by atoms with van der Waals surface area (Å²) in [5.74, 6) is -0.302. The Bertz CT molecular complexity index is 1030. The van der Waals surface area contributed by atoms with Crippen molar-refractivity contribution < 1.29 is 9.72 Å². The third-order valence-corrected chi connectivity index (χ3v) is 4.94. The minimum atomic E-state index is -0.418. The second kappa shape index (κ2) is 6.98. The fraction of sp³-hybridized carbons (Fsp3) is 0.222. The molecule has 7 heteroatoms. The Morgan fingerprint density at radius 2 is 2.04 bits per heavy atom. The molecule has 0 fully saturated rings. The summed E-state index contributed by atoms with van der Waals surface area (Å²) in [6, 6.07) is 12.0. The molecule has 1 amide bonds. The van der Waals surface area contributed by atoms with Crippen molar-refractivity contribution in [2.24, 2.45) is 4.99 Å². The number of hydrogen-bond donors (Lipinski definition) is 0. The second-order valence-corrected chi connectivity index (χ2v) is 6.69. The number of nitro benzene ring substituents is 1. The Balaban J connectivity index is 2.17. The molecule has 2 aromatic carbocycles. The zero-order valence-electron chi connectivity index (χ0n) is 13.9. The lowest BCUT2D eigenvalue weighted by atomic mass is 10.1. The van der Waals surface area contributed by atoms with Crippen molar-refractivity contribution in [2.45, 2.75) is 26.8 Å². The molecule has 3 rings (SSSR count). The van der Waals surface area contributed by atoms with E-state index in [9.17, 15) is 14.9 Å². The molecule has 0 aliphatic rings. The lowest BCUT2D eigenvalue weighted by Crippen LogP contribution is -2.17. The van der Waals surface area contributed by atoms with Crippen molar-refractivity contribution in [3.05, 3.63) is 68.5 Å². The Hall–Kier alpha value is -2.80. The summed E-state index contributed by atoms with van der Waals surface area (Å²) in [4.78, 5) is 28.0. The van der Waals surface area contributed by atoms with Crippen LogP contribution in [0.25, 0.3) is 10.2 Å². The van der Waals surface area contributed by atoms with E-state index in [1.807, 2.05) is 36.6 Å². The number of thiazole rings is 1. The van der Waals surface area contributed by atoms with Gasteiger partial charge in [-0.15, -0.1) is 0 Å². The number of non-ortho nitro benzene ring substituents is 1. The predicted octanol–water partition coefficient (Wildman–Crippen LogP) is 4.07. The van der Waals surface area contributed by atoms with Gasteiger partial charge in [-0.3, -0.25) is 14.9 Å². The summed E-state index contributed by atoms with van der Waals surface area (Å²) in [5, 5.41) is 11.0. The second-order valence-electron chi connectivity index (χ2n) is 5.68. The summed E-state index contributed by atoms with van der Waals surface area (Å²) >= 11 is 1.30. The number of fused-ring (bicyclic) bond motifs is 1. The molecule has 0 aliphatic heterocycles. The summed E-state index contributed by atoms with van der Waals surface area (Å²) in [5.41, 5.74) is 2.33. The number of nitrogens with zero attached hydrogens (tertiary/aromatic N) is 3. The van der Waals surface area contributed by atoms with Gasteiger partial charge in [0.15, 0.2) is 4.80 Å². The van der Waals surface area contributed by atoms with Crippen LogP contribution in [0.1, 0.15) is 29.3 Å². The highest BCUT2D eigenvalue weighted by atomic mass is 32.1. The van der Waals surface area contributed by atoms with Crippen LogP contribution < -0.4 is 4.80 Å². The number of aromatic nitrogens is 1. The number of benzene rings is 2. The zero-order chi connectivity index (χ0) is 18.0. The molecule has 0 unspecified atom stereocenters. The van der Waals surface area contributed by atoms with Crippen molar-refractivity contribution in [3.8, 4) is 0 Å². The molecule has 0 atom stereocenters. The number of hydrogen-bond acceptors (Lipinski definition) is 4. The van der Waals surface area contributed by atoms with Gasteiger partial charge in [0.25, 0.3) is 11.6 Å². The lowest BCUT2D eigenvalue weighted by molar-refractivity contribution is -0.384. The molecule has 128 valence electrons.